The molecule has 0 aliphatic carbocycles. The number of anilines is 2. The van der Waals surface area contributed by atoms with Gasteiger partial charge in [-0.05, 0) is 26.0 Å². The molecule has 0 saturated carbocycles. The molecular weight excluding hydrogens is 396 g/mol. The number of hydrogen-bond acceptors (Lipinski definition) is 8. The number of aromatic nitrogens is 4. The monoisotopic (exact) mass is 418 g/mol. The number of ether oxygens (including phenoxy) is 1. The van der Waals surface area contributed by atoms with Crippen LogP contribution in [0.5, 0.6) is 5.75 Å². The Morgan fingerprint density at radius 1 is 1.36 bits per heavy atom. The smallest absolute Gasteiger partial charge is 0.236 e. The largest absolute Gasteiger partial charge is 0.495 e. The predicted octanol–water partition coefficient (Wildman–Crippen LogP) is 3.67. The molecule has 0 saturated heterocycles. The Morgan fingerprint density at radius 3 is 2.89 bits per heavy atom. The fraction of sp³-hybridized carbons (Fsp3) is 0.333. The number of nitrogens with one attached hydrogen (secondary N) is 2. The van der Waals surface area contributed by atoms with Gasteiger partial charge in [0.1, 0.15) is 5.75 Å². The number of hydrogen-bond donors (Lipinski definition) is 2. The summed E-state index contributed by atoms with van der Waals surface area (Å²) in [6.45, 7) is 4.76. The fourth-order valence-corrected chi connectivity index (χ4v) is 4.01. The molecule has 148 valence electrons. The van der Waals surface area contributed by atoms with Gasteiger partial charge in [0.2, 0.25) is 5.91 Å². The van der Waals surface area contributed by atoms with Gasteiger partial charge in [-0.25, -0.2) is 4.98 Å². The second-order valence-electron chi connectivity index (χ2n) is 5.83. The topological polar surface area (TPSA) is 94.0 Å². The van der Waals surface area contributed by atoms with Crippen molar-refractivity contribution in [3.8, 4) is 5.75 Å². The molecule has 0 fully saturated rings. The summed E-state index contributed by atoms with van der Waals surface area (Å²) in [5, 5.41) is 17.9. The van der Waals surface area contributed by atoms with E-state index in [9.17, 15) is 4.79 Å². The van der Waals surface area contributed by atoms with Gasteiger partial charge in [-0.3, -0.25) is 4.79 Å². The van der Waals surface area contributed by atoms with Crippen LogP contribution in [-0.4, -0.2) is 38.5 Å². The van der Waals surface area contributed by atoms with Crippen LogP contribution < -0.4 is 15.4 Å². The van der Waals surface area contributed by atoms with Crippen molar-refractivity contribution in [2.24, 2.45) is 0 Å². The number of nitrogens with zero attached hydrogens (tertiary/aromatic N) is 4. The van der Waals surface area contributed by atoms with Gasteiger partial charge in [0.05, 0.1) is 24.6 Å². The van der Waals surface area contributed by atoms with E-state index in [1.165, 1.54) is 23.1 Å². The highest BCUT2D eigenvalue weighted by molar-refractivity contribution is 7.99. The summed E-state index contributed by atoms with van der Waals surface area (Å²) in [5.74, 6) is 1.69. The van der Waals surface area contributed by atoms with Crippen LogP contribution in [-0.2, 0) is 11.3 Å². The van der Waals surface area contributed by atoms with E-state index in [-0.39, 0.29) is 17.7 Å². The Kier molecular flexibility index (Phi) is 6.88. The summed E-state index contributed by atoms with van der Waals surface area (Å²) in [6, 6.07) is 7.66. The highest BCUT2D eigenvalue weighted by Gasteiger charge is 2.19. The molecule has 10 heteroatoms. The molecule has 0 unspecified atom stereocenters. The summed E-state index contributed by atoms with van der Waals surface area (Å²) >= 11 is 2.74. The number of carbonyl (C=O) groups excluding carboxylic acids is 1. The number of amides is 1. The molecule has 1 aromatic carbocycles. The third-order valence-corrected chi connectivity index (χ3v) is 5.59. The van der Waals surface area contributed by atoms with Crippen LogP contribution in [0, 0.1) is 0 Å². The molecule has 3 aromatic rings. The lowest BCUT2D eigenvalue weighted by Gasteiger charge is -2.18. The van der Waals surface area contributed by atoms with Crippen LogP contribution in [0.2, 0.25) is 0 Å². The first kappa shape index (κ1) is 20.2. The molecule has 1 amide bonds. The maximum atomic E-state index is 12.1. The van der Waals surface area contributed by atoms with E-state index in [0.717, 1.165) is 17.3 Å². The number of methoxy groups -OCH3 is 1. The first-order chi connectivity index (χ1) is 13.6. The average Bonchev–Trinajstić information content (AvgIpc) is 3.36. The van der Waals surface area contributed by atoms with Gasteiger partial charge >= 0.3 is 0 Å². The minimum atomic E-state index is -0.118. The number of thiazole rings is 1. The molecule has 8 nitrogen and oxygen atoms in total. The molecule has 0 aliphatic rings. The van der Waals surface area contributed by atoms with Gasteiger partial charge in [-0.1, -0.05) is 23.9 Å². The molecule has 2 aromatic heterocycles. The van der Waals surface area contributed by atoms with Crippen molar-refractivity contribution < 1.29 is 9.53 Å². The van der Waals surface area contributed by atoms with Crippen LogP contribution in [0.1, 0.15) is 25.7 Å². The minimum absolute atomic E-state index is 0.0813. The van der Waals surface area contributed by atoms with Crippen molar-refractivity contribution >= 4 is 39.8 Å². The van der Waals surface area contributed by atoms with Crippen LogP contribution in [0.4, 0.5) is 10.8 Å². The second-order valence-corrected chi connectivity index (χ2v) is 7.66. The van der Waals surface area contributed by atoms with Gasteiger partial charge in [0.25, 0.3) is 0 Å². The minimum Gasteiger partial charge on any atom is -0.495 e. The first-order valence-corrected chi connectivity index (χ1v) is 10.6. The highest BCUT2D eigenvalue weighted by Crippen LogP contribution is 2.28. The highest BCUT2D eigenvalue weighted by atomic mass is 32.2. The van der Waals surface area contributed by atoms with E-state index in [0.29, 0.717) is 16.8 Å². The van der Waals surface area contributed by atoms with E-state index < -0.39 is 0 Å². The molecule has 0 bridgehead atoms. The molecule has 0 aliphatic heterocycles. The van der Waals surface area contributed by atoms with E-state index in [1.807, 2.05) is 48.1 Å². The fourth-order valence-electron chi connectivity index (χ4n) is 2.66. The molecule has 0 spiro atoms. The standard InChI is InChI=1S/C18H22N6O2S2/c1-4-24-16(12(2)20-13-7-5-6-8-14(13)26-3)22-23-18(24)28-11-15(25)21-17-19-9-10-27-17/h5-10,12,20H,4,11H2,1-3H3,(H,19,21,25)/t12-/m1/s1. The summed E-state index contributed by atoms with van der Waals surface area (Å²) in [7, 11) is 1.64. The SMILES string of the molecule is CCn1c(SCC(=O)Nc2nccs2)nnc1[C@@H](C)Nc1ccccc1OC. The molecule has 2 heterocycles. The molecule has 2 N–H and O–H groups in total. The molecule has 0 radical (unpaired) electrons. The summed E-state index contributed by atoms with van der Waals surface area (Å²) in [6.07, 6.45) is 1.66. The third-order valence-electron chi connectivity index (χ3n) is 3.94. The Balaban J connectivity index is 1.66. The average molecular weight is 419 g/mol. The lowest BCUT2D eigenvalue weighted by Crippen LogP contribution is -2.16. The van der Waals surface area contributed by atoms with Crippen molar-refractivity contribution in [3.05, 3.63) is 41.7 Å². The van der Waals surface area contributed by atoms with E-state index >= 15 is 0 Å². The number of benzene rings is 1. The quantitative estimate of drug-likeness (QED) is 0.512. The normalized spacial score (nSPS) is 11.8. The maximum Gasteiger partial charge on any atom is 0.236 e. The molecular formula is C18H22N6O2S2. The summed E-state index contributed by atoms with van der Waals surface area (Å²) in [5.41, 5.74) is 0.889. The Bertz CT molecular complexity index is 913. The van der Waals surface area contributed by atoms with Crippen molar-refractivity contribution in [1.29, 1.82) is 0 Å². The lowest BCUT2D eigenvalue weighted by atomic mass is 10.2. The van der Waals surface area contributed by atoms with Gasteiger partial charge in [0.15, 0.2) is 16.1 Å². The van der Waals surface area contributed by atoms with Crippen molar-refractivity contribution in [2.75, 3.05) is 23.5 Å². The van der Waals surface area contributed by atoms with Crippen LogP contribution in [0.15, 0.2) is 41.0 Å². The van der Waals surface area contributed by atoms with Gasteiger partial charge in [-0.2, -0.15) is 0 Å². The molecule has 1 atom stereocenters. The van der Waals surface area contributed by atoms with Crippen molar-refractivity contribution in [3.63, 3.8) is 0 Å². The first-order valence-electron chi connectivity index (χ1n) is 8.77. The zero-order chi connectivity index (χ0) is 19.9. The van der Waals surface area contributed by atoms with Crippen molar-refractivity contribution in [1.82, 2.24) is 19.7 Å². The zero-order valence-electron chi connectivity index (χ0n) is 15.9. The van der Waals surface area contributed by atoms with Gasteiger partial charge in [-0.15, -0.1) is 21.5 Å². The van der Waals surface area contributed by atoms with Crippen molar-refractivity contribution in [2.45, 2.75) is 31.6 Å². The predicted molar refractivity (Wildman–Crippen MR) is 112 cm³/mol. The second kappa shape index (κ2) is 9.56. The Hall–Kier alpha value is -2.59. The Labute approximate surface area is 171 Å². The van der Waals surface area contributed by atoms with Crippen LogP contribution in [0.3, 0.4) is 0 Å². The van der Waals surface area contributed by atoms with Crippen LogP contribution in [0.25, 0.3) is 0 Å². The third kappa shape index (κ3) is 4.82. The van der Waals surface area contributed by atoms with E-state index in [2.05, 4.69) is 25.8 Å². The summed E-state index contributed by atoms with van der Waals surface area (Å²) in [4.78, 5) is 16.1. The van der Waals surface area contributed by atoms with E-state index in [1.54, 1.807) is 13.3 Å². The lowest BCUT2D eigenvalue weighted by molar-refractivity contribution is -0.113. The van der Waals surface area contributed by atoms with Crippen LogP contribution >= 0.6 is 23.1 Å². The number of rotatable bonds is 9. The molecule has 28 heavy (non-hydrogen) atoms. The Morgan fingerprint density at radius 2 is 2.18 bits per heavy atom. The summed E-state index contributed by atoms with van der Waals surface area (Å²) < 4.78 is 7.40. The number of para-hydroxylation sites is 2. The van der Waals surface area contributed by atoms with Gasteiger partial charge in [0, 0.05) is 18.1 Å². The zero-order valence-corrected chi connectivity index (χ0v) is 17.5. The van der Waals surface area contributed by atoms with E-state index in [4.69, 9.17) is 4.74 Å². The maximum absolute atomic E-state index is 12.1. The number of thioether (sulfide) groups is 1. The number of carbonyl (C=O) groups is 1. The van der Waals surface area contributed by atoms with Gasteiger partial charge < -0.3 is 19.9 Å². The molecule has 3 rings (SSSR count).